The molecule has 2 aliphatic rings. The molecule has 1 saturated heterocycles. The van der Waals surface area contributed by atoms with E-state index in [4.69, 9.17) is 4.74 Å². The molecule has 1 amide bonds. The summed E-state index contributed by atoms with van der Waals surface area (Å²) in [6.45, 7) is 3.76. The van der Waals surface area contributed by atoms with Crippen LogP contribution in [0.5, 0.6) is 5.75 Å². The summed E-state index contributed by atoms with van der Waals surface area (Å²) >= 11 is 0. The van der Waals surface area contributed by atoms with Gasteiger partial charge in [-0.3, -0.25) is 14.7 Å². The molecule has 2 aromatic rings. The number of amides is 1. The Morgan fingerprint density at radius 2 is 1.79 bits per heavy atom. The second-order valence-electron chi connectivity index (χ2n) is 8.23. The fourth-order valence-electron chi connectivity index (χ4n) is 4.70. The van der Waals surface area contributed by atoms with Crippen molar-refractivity contribution in [3.63, 3.8) is 0 Å². The lowest BCUT2D eigenvalue weighted by molar-refractivity contribution is -0.117. The molecule has 7 nitrogen and oxygen atoms in total. The average Bonchev–Trinajstić information content (AvgIpc) is 3.51. The van der Waals surface area contributed by atoms with E-state index < -0.39 is 0 Å². The van der Waals surface area contributed by atoms with Crippen LogP contribution in [0.3, 0.4) is 0 Å². The summed E-state index contributed by atoms with van der Waals surface area (Å²) < 4.78 is 5.63. The van der Waals surface area contributed by atoms with Gasteiger partial charge >= 0.3 is 0 Å². The molecule has 0 saturated carbocycles. The van der Waals surface area contributed by atoms with Crippen molar-refractivity contribution in [2.45, 2.75) is 25.3 Å². The summed E-state index contributed by atoms with van der Waals surface area (Å²) in [7, 11) is 3.45. The number of rotatable bonds is 7. The third-order valence-electron chi connectivity index (χ3n) is 6.36. The smallest absolute Gasteiger partial charge is 0.246 e. The zero-order chi connectivity index (χ0) is 22.3. The van der Waals surface area contributed by atoms with Gasteiger partial charge in [-0.1, -0.05) is 36.4 Å². The minimum absolute atomic E-state index is 0. The van der Waals surface area contributed by atoms with E-state index in [0.717, 1.165) is 37.5 Å². The first-order chi connectivity index (χ1) is 15.7. The summed E-state index contributed by atoms with van der Waals surface area (Å²) in [6.07, 6.45) is 3.33. The normalized spacial score (nSPS) is 16.7. The third-order valence-corrected chi connectivity index (χ3v) is 6.36. The highest BCUT2D eigenvalue weighted by Crippen LogP contribution is 2.31. The molecule has 1 atom stereocenters. The molecule has 2 aromatic carbocycles. The van der Waals surface area contributed by atoms with Gasteiger partial charge in [-0.15, -0.1) is 24.0 Å². The summed E-state index contributed by atoms with van der Waals surface area (Å²) in [5.41, 5.74) is 3.42. The lowest BCUT2D eigenvalue weighted by Gasteiger charge is -2.30. The predicted molar refractivity (Wildman–Crippen MR) is 144 cm³/mol. The molecule has 178 valence electrons. The number of guanidine groups is 1. The Hall–Kier alpha value is -2.33. The first-order valence-corrected chi connectivity index (χ1v) is 11.4. The number of carbonyl (C=O) groups is 1. The number of likely N-dealkylation sites (tertiary alicyclic amines) is 1. The van der Waals surface area contributed by atoms with Crippen LogP contribution in [0.15, 0.2) is 53.5 Å². The number of anilines is 1. The van der Waals surface area contributed by atoms with Crippen LogP contribution >= 0.6 is 24.0 Å². The zero-order valence-corrected chi connectivity index (χ0v) is 21.7. The number of nitrogens with one attached hydrogen (secondary N) is 2. The number of hydrogen-bond donors (Lipinski definition) is 2. The van der Waals surface area contributed by atoms with Crippen molar-refractivity contribution in [2.24, 2.45) is 4.99 Å². The maximum atomic E-state index is 12.8. The maximum Gasteiger partial charge on any atom is 0.246 e. The largest absolute Gasteiger partial charge is 0.496 e. The van der Waals surface area contributed by atoms with Crippen LogP contribution in [0, 0.1) is 0 Å². The van der Waals surface area contributed by atoms with E-state index in [1.165, 1.54) is 24.0 Å². The van der Waals surface area contributed by atoms with E-state index in [1.54, 1.807) is 14.2 Å². The third kappa shape index (κ3) is 5.97. The monoisotopic (exact) mass is 563 g/mol. The van der Waals surface area contributed by atoms with Gasteiger partial charge in [-0.05, 0) is 50.0 Å². The molecule has 4 rings (SSSR count). The van der Waals surface area contributed by atoms with Gasteiger partial charge in [-0.2, -0.15) is 0 Å². The maximum absolute atomic E-state index is 12.8. The standard InChI is InChI=1S/C25H33N5O2.HI/c1-26-25(28-18-24(31)30-16-13-19-9-3-5-11-21(19)30)27-17-22(29-14-7-8-15-29)20-10-4-6-12-23(20)32-2;/h3-6,9-12,22H,7-8,13-18H2,1-2H3,(H2,26,27,28);1H. The first-order valence-electron chi connectivity index (χ1n) is 11.4. The summed E-state index contributed by atoms with van der Waals surface area (Å²) in [4.78, 5) is 21.5. The fraction of sp³-hybridized carbons (Fsp3) is 0.440. The molecule has 33 heavy (non-hydrogen) atoms. The molecule has 1 fully saturated rings. The van der Waals surface area contributed by atoms with Gasteiger partial charge in [0.25, 0.3) is 0 Å². The van der Waals surface area contributed by atoms with Gasteiger partial charge in [0.15, 0.2) is 5.96 Å². The molecule has 2 heterocycles. The topological polar surface area (TPSA) is 69.2 Å². The number of halogens is 1. The molecule has 0 spiro atoms. The van der Waals surface area contributed by atoms with Crippen LogP contribution in [-0.2, 0) is 11.2 Å². The van der Waals surface area contributed by atoms with E-state index in [1.807, 2.05) is 35.2 Å². The van der Waals surface area contributed by atoms with Gasteiger partial charge in [0, 0.05) is 31.4 Å². The van der Waals surface area contributed by atoms with Crippen LogP contribution < -0.4 is 20.3 Å². The number of fused-ring (bicyclic) bond motifs is 1. The van der Waals surface area contributed by atoms with E-state index in [2.05, 4.69) is 38.7 Å². The molecule has 0 radical (unpaired) electrons. The number of carbonyl (C=O) groups excluding carboxylic acids is 1. The van der Waals surface area contributed by atoms with Gasteiger partial charge in [0.1, 0.15) is 5.75 Å². The Morgan fingerprint density at radius 1 is 1.06 bits per heavy atom. The number of benzene rings is 2. The molecule has 1 unspecified atom stereocenters. The van der Waals surface area contributed by atoms with Gasteiger partial charge in [-0.25, -0.2) is 0 Å². The van der Waals surface area contributed by atoms with E-state index in [-0.39, 0.29) is 42.5 Å². The molecule has 0 bridgehead atoms. The summed E-state index contributed by atoms with van der Waals surface area (Å²) in [5, 5.41) is 6.63. The van der Waals surface area contributed by atoms with Crippen LogP contribution in [0.25, 0.3) is 0 Å². The highest BCUT2D eigenvalue weighted by Gasteiger charge is 2.27. The van der Waals surface area contributed by atoms with Crippen molar-refractivity contribution < 1.29 is 9.53 Å². The van der Waals surface area contributed by atoms with E-state index in [9.17, 15) is 4.79 Å². The zero-order valence-electron chi connectivity index (χ0n) is 19.4. The Bertz CT molecular complexity index is 961. The number of para-hydroxylation sites is 2. The molecular formula is C25H34IN5O2. The number of methoxy groups -OCH3 is 1. The fourth-order valence-corrected chi connectivity index (χ4v) is 4.70. The number of hydrogen-bond acceptors (Lipinski definition) is 4. The van der Waals surface area contributed by atoms with Crippen LogP contribution in [0.2, 0.25) is 0 Å². The Labute approximate surface area is 213 Å². The van der Waals surface area contributed by atoms with Gasteiger partial charge in [0.05, 0.1) is 19.7 Å². The summed E-state index contributed by atoms with van der Waals surface area (Å²) in [5.74, 6) is 1.58. The van der Waals surface area contributed by atoms with Gasteiger partial charge < -0.3 is 20.3 Å². The molecular weight excluding hydrogens is 529 g/mol. The quantitative estimate of drug-likeness (QED) is 0.308. The minimum Gasteiger partial charge on any atom is -0.496 e. The minimum atomic E-state index is 0. The van der Waals surface area contributed by atoms with Crippen molar-refractivity contribution >= 4 is 41.5 Å². The number of ether oxygens (including phenoxy) is 1. The number of nitrogens with zero attached hydrogens (tertiary/aromatic N) is 3. The lowest BCUT2D eigenvalue weighted by Crippen LogP contribution is -2.46. The average molecular weight is 563 g/mol. The lowest BCUT2D eigenvalue weighted by atomic mass is 10.0. The predicted octanol–water partition coefficient (Wildman–Crippen LogP) is 3.20. The number of aliphatic imine (C=N–C) groups is 1. The highest BCUT2D eigenvalue weighted by atomic mass is 127. The van der Waals surface area contributed by atoms with E-state index >= 15 is 0 Å². The van der Waals surface area contributed by atoms with Crippen LogP contribution in [0.1, 0.15) is 30.0 Å². The first kappa shape index (κ1) is 25.3. The van der Waals surface area contributed by atoms with E-state index in [0.29, 0.717) is 12.5 Å². The van der Waals surface area contributed by atoms with Crippen LogP contribution in [-0.4, -0.2) is 63.6 Å². The van der Waals surface area contributed by atoms with Crippen molar-refractivity contribution in [3.05, 3.63) is 59.7 Å². The second-order valence-corrected chi connectivity index (χ2v) is 8.23. The Kier molecular flexibility index (Phi) is 9.37. The van der Waals surface area contributed by atoms with Crippen molar-refractivity contribution in [1.82, 2.24) is 15.5 Å². The highest BCUT2D eigenvalue weighted by molar-refractivity contribution is 14.0. The molecule has 2 aliphatic heterocycles. The Balaban J connectivity index is 0.00000306. The van der Waals surface area contributed by atoms with Gasteiger partial charge in [0.2, 0.25) is 5.91 Å². The molecule has 0 aromatic heterocycles. The van der Waals surface area contributed by atoms with Crippen molar-refractivity contribution in [3.8, 4) is 5.75 Å². The van der Waals surface area contributed by atoms with Crippen molar-refractivity contribution in [1.29, 1.82) is 0 Å². The SMILES string of the molecule is CN=C(NCC(=O)N1CCc2ccccc21)NCC(c1ccccc1OC)N1CCCC1.I. The molecule has 2 N–H and O–H groups in total. The molecule has 0 aliphatic carbocycles. The van der Waals surface area contributed by atoms with Crippen LogP contribution in [0.4, 0.5) is 5.69 Å². The Morgan fingerprint density at radius 3 is 2.55 bits per heavy atom. The second kappa shape index (κ2) is 12.2. The summed E-state index contributed by atoms with van der Waals surface area (Å²) in [6, 6.07) is 16.5. The molecule has 8 heteroatoms. The van der Waals surface area contributed by atoms with Crippen molar-refractivity contribution in [2.75, 3.05) is 51.8 Å².